The summed E-state index contributed by atoms with van der Waals surface area (Å²) in [6.45, 7) is 0.194. The molecule has 2 aromatic heterocycles. The topological polar surface area (TPSA) is 69.3 Å². The van der Waals surface area contributed by atoms with Crippen molar-refractivity contribution in [1.29, 1.82) is 0 Å². The van der Waals surface area contributed by atoms with Crippen LogP contribution in [0.3, 0.4) is 0 Å². The van der Waals surface area contributed by atoms with Crippen molar-refractivity contribution in [1.82, 2.24) is 14.1 Å². The van der Waals surface area contributed by atoms with Crippen molar-refractivity contribution < 1.29 is 23.0 Å². The Hall–Kier alpha value is -4.01. The second-order valence-corrected chi connectivity index (χ2v) is 7.08. The number of rotatable bonds is 6. The van der Waals surface area contributed by atoms with Crippen LogP contribution in [0.15, 0.2) is 84.0 Å². The summed E-state index contributed by atoms with van der Waals surface area (Å²) in [6.07, 6.45) is 0.474. The van der Waals surface area contributed by atoms with E-state index in [4.69, 9.17) is 0 Å². The Morgan fingerprint density at radius 2 is 1.69 bits per heavy atom. The van der Waals surface area contributed by atoms with E-state index < -0.39 is 17.8 Å². The summed E-state index contributed by atoms with van der Waals surface area (Å²) in [7, 11) is 0. The Kier molecular flexibility index (Phi) is 5.72. The molecular formula is C23H18F3N3O3. The molecule has 0 aliphatic rings. The van der Waals surface area contributed by atoms with Gasteiger partial charge in [-0.1, -0.05) is 30.3 Å². The van der Waals surface area contributed by atoms with Crippen molar-refractivity contribution >= 4 is 0 Å². The van der Waals surface area contributed by atoms with Crippen molar-refractivity contribution in [2.75, 3.05) is 0 Å². The lowest BCUT2D eigenvalue weighted by molar-refractivity contribution is -0.274. The predicted molar refractivity (Wildman–Crippen MR) is 111 cm³/mol. The van der Waals surface area contributed by atoms with Crippen molar-refractivity contribution in [3.05, 3.63) is 106 Å². The fraction of sp³-hybridized carbons (Fsp3) is 0.130. The van der Waals surface area contributed by atoms with Gasteiger partial charge in [-0.3, -0.25) is 9.55 Å². The largest absolute Gasteiger partial charge is 0.573 e. The first kappa shape index (κ1) is 21.2. The van der Waals surface area contributed by atoms with Crippen LogP contribution in [0.5, 0.6) is 11.6 Å². The molecule has 2 aromatic carbocycles. The molecule has 1 N–H and O–H groups in total. The molecule has 32 heavy (non-hydrogen) atoms. The van der Waals surface area contributed by atoms with Gasteiger partial charge in [-0.25, -0.2) is 9.36 Å². The molecule has 4 aromatic rings. The first-order valence-corrected chi connectivity index (χ1v) is 9.63. The predicted octanol–water partition coefficient (Wildman–Crippen LogP) is 4.28. The van der Waals surface area contributed by atoms with E-state index in [1.807, 2.05) is 36.4 Å². The molecular weight excluding hydrogens is 423 g/mol. The smallest absolute Gasteiger partial charge is 0.493 e. The Morgan fingerprint density at radius 3 is 2.38 bits per heavy atom. The Labute approximate surface area is 180 Å². The summed E-state index contributed by atoms with van der Waals surface area (Å²) in [5.74, 6) is -0.756. The van der Waals surface area contributed by atoms with Gasteiger partial charge in [0.15, 0.2) is 0 Å². The van der Waals surface area contributed by atoms with Crippen LogP contribution in [0, 0.1) is 0 Å². The molecule has 0 saturated carbocycles. The van der Waals surface area contributed by atoms with Gasteiger partial charge in [0.05, 0.1) is 18.4 Å². The van der Waals surface area contributed by atoms with Crippen molar-refractivity contribution in [2.24, 2.45) is 0 Å². The number of hydrogen-bond acceptors (Lipinski definition) is 4. The Morgan fingerprint density at radius 1 is 0.969 bits per heavy atom. The molecule has 0 amide bonds. The molecule has 0 atom stereocenters. The highest BCUT2D eigenvalue weighted by Gasteiger charge is 2.31. The summed E-state index contributed by atoms with van der Waals surface area (Å²) < 4.78 is 43.2. The van der Waals surface area contributed by atoms with Gasteiger partial charge >= 0.3 is 12.1 Å². The number of nitrogens with zero attached hydrogens (tertiary/aromatic N) is 3. The molecule has 0 unspecified atom stereocenters. The highest BCUT2D eigenvalue weighted by atomic mass is 19.4. The van der Waals surface area contributed by atoms with Crippen LogP contribution in [0.4, 0.5) is 13.2 Å². The van der Waals surface area contributed by atoms with E-state index in [1.54, 1.807) is 12.4 Å². The van der Waals surface area contributed by atoms with Gasteiger partial charge in [-0.2, -0.15) is 0 Å². The van der Waals surface area contributed by atoms with Crippen molar-refractivity contribution in [3.63, 3.8) is 0 Å². The Bertz CT molecular complexity index is 1260. The third kappa shape index (κ3) is 4.83. The van der Waals surface area contributed by atoms with Gasteiger partial charge in [0.2, 0.25) is 5.88 Å². The lowest BCUT2D eigenvalue weighted by Crippen LogP contribution is -2.24. The molecule has 0 bridgehead atoms. The maximum absolute atomic E-state index is 12.9. The maximum Gasteiger partial charge on any atom is 0.573 e. The third-order valence-corrected chi connectivity index (χ3v) is 4.85. The zero-order chi connectivity index (χ0) is 22.7. The number of aromatic hydroxyl groups is 1. The summed E-state index contributed by atoms with van der Waals surface area (Å²) in [4.78, 5) is 17.1. The van der Waals surface area contributed by atoms with Crippen LogP contribution < -0.4 is 10.4 Å². The molecule has 0 fully saturated rings. The number of benzene rings is 2. The first-order chi connectivity index (χ1) is 15.3. The minimum Gasteiger partial charge on any atom is -0.493 e. The minimum atomic E-state index is -4.81. The Balaban J connectivity index is 1.60. The SMILES string of the molecule is O=c1n(Cc2ccncc2Cc2ccccc2)cc(O)n1-c1ccc(OC(F)(F)F)cc1. The summed E-state index contributed by atoms with van der Waals surface area (Å²) in [6, 6.07) is 16.3. The van der Waals surface area contributed by atoms with E-state index in [-0.39, 0.29) is 18.1 Å². The van der Waals surface area contributed by atoms with E-state index >= 15 is 0 Å². The van der Waals surface area contributed by atoms with Gasteiger partial charge in [0, 0.05) is 12.4 Å². The van der Waals surface area contributed by atoms with Crippen LogP contribution >= 0.6 is 0 Å². The van der Waals surface area contributed by atoms with Crippen LogP contribution in [-0.2, 0) is 13.0 Å². The number of imidazole rings is 1. The molecule has 6 nitrogen and oxygen atoms in total. The number of pyridine rings is 1. The molecule has 4 rings (SSSR count). The van der Waals surface area contributed by atoms with Gasteiger partial charge in [-0.15, -0.1) is 13.2 Å². The number of aromatic nitrogens is 3. The lowest BCUT2D eigenvalue weighted by atomic mass is 10.0. The molecule has 0 aliphatic carbocycles. The molecule has 0 saturated heterocycles. The molecule has 0 radical (unpaired) electrons. The second-order valence-electron chi connectivity index (χ2n) is 7.08. The fourth-order valence-electron chi connectivity index (χ4n) is 3.40. The van der Waals surface area contributed by atoms with E-state index in [1.165, 1.54) is 22.9 Å². The molecule has 9 heteroatoms. The summed E-state index contributed by atoms with van der Waals surface area (Å²) >= 11 is 0. The first-order valence-electron chi connectivity index (χ1n) is 9.63. The van der Waals surface area contributed by atoms with E-state index in [9.17, 15) is 23.1 Å². The number of hydrogen-bond donors (Lipinski definition) is 1. The normalized spacial score (nSPS) is 11.5. The second kappa shape index (κ2) is 8.62. The monoisotopic (exact) mass is 441 g/mol. The highest BCUT2D eigenvalue weighted by molar-refractivity contribution is 5.40. The van der Waals surface area contributed by atoms with Gasteiger partial charge in [0.1, 0.15) is 5.75 Å². The van der Waals surface area contributed by atoms with Crippen LogP contribution in [0.2, 0.25) is 0 Å². The van der Waals surface area contributed by atoms with Crippen LogP contribution in [0.25, 0.3) is 5.69 Å². The van der Waals surface area contributed by atoms with E-state index in [0.29, 0.717) is 6.42 Å². The third-order valence-electron chi connectivity index (χ3n) is 4.85. The minimum absolute atomic E-state index is 0.194. The zero-order valence-electron chi connectivity index (χ0n) is 16.7. The maximum atomic E-state index is 12.9. The van der Waals surface area contributed by atoms with E-state index in [2.05, 4.69) is 9.72 Å². The average molecular weight is 441 g/mol. The van der Waals surface area contributed by atoms with Crippen molar-refractivity contribution in [3.8, 4) is 17.3 Å². The summed E-state index contributed by atoms with van der Waals surface area (Å²) in [5, 5.41) is 10.3. The van der Waals surface area contributed by atoms with Gasteiger partial charge in [-0.05, 0) is 53.4 Å². The van der Waals surface area contributed by atoms with E-state index in [0.717, 1.165) is 33.4 Å². The fourth-order valence-corrected chi connectivity index (χ4v) is 3.40. The highest BCUT2D eigenvalue weighted by Crippen LogP contribution is 2.25. The standard InChI is InChI=1S/C23H18F3N3O3/c24-23(25,26)32-20-8-6-19(7-9-20)29-21(30)15-28(22(29)31)14-17-10-11-27-13-18(17)12-16-4-2-1-3-5-16/h1-11,13,15,30H,12,14H2. The number of halogens is 3. The summed E-state index contributed by atoms with van der Waals surface area (Å²) in [5.41, 5.74) is 2.56. The average Bonchev–Trinajstić information content (AvgIpc) is 3.03. The number of alkyl halides is 3. The number of ether oxygens (including phenoxy) is 1. The van der Waals surface area contributed by atoms with Crippen LogP contribution in [0.1, 0.15) is 16.7 Å². The van der Waals surface area contributed by atoms with Gasteiger partial charge < -0.3 is 9.84 Å². The van der Waals surface area contributed by atoms with Crippen LogP contribution in [-0.4, -0.2) is 25.6 Å². The zero-order valence-corrected chi connectivity index (χ0v) is 16.7. The van der Waals surface area contributed by atoms with Gasteiger partial charge in [0.25, 0.3) is 0 Å². The molecule has 0 spiro atoms. The quantitative estimate of drug-likeness (QED) is 0.485. The molecule has 2 heterocycles. The molecule has 164 valence electrons. The lowest BCUT2D eigenvalue weighted by Gasteiger charge is -2.10. The molecule has 0 aliphatic heterocycles. The van der Waals surface area contributed by atoms with Crippen molar-refractivity contribution in [2.45, 2.75) is 19.3 Å².